The van der Waals surface area contributed by atoms with Gasteiger partial charge in [-0.15, -0.1) is 0 Å². The summed E-state index contributed by atoms with van der Waals surface area (Å²) in [5.41, 5.74) is 0. The summed E-state index contributed by atoms with van der Waals surface area (Å²) in [6, 6.07) is 0. The number of alkyl halides is 4. The van der Waals surface area contributed by atoms with E-state index in [1.54, 1.807) is 0 Å². The second-order valence-electron chi connectivity index (χ2n) is 2.63. The van der Waals surface area contributed by atoms with Gasteiger partial charge in [-0.1, -0.05) is 36.2 Å². The average molecular weight is 355 g/mol. The first-order chi connectivity index (χ1) is 4.89. The largest absolute Gasteiger partial charge is 0.222 e. The maximum Gasteiger partial charge on any atom is 0.222 e. The summed E-state index contributed by atoms with van der Waals surface area (Å²) in [5, 5.41) is 0. The van der Waals surface area contributed by atoms with Gasteiger partial charge in [0, 0.05) is 10.7 Å². The summed E-state index contributed by atoms with van der Waals surface area (Å²) in [6.45, 7) is 3.95. The van der Waals surface area contributed by atoms with Crippen LogP contribution in [0.3, 0.4) is 0 Å². The predicted molar refractivity (Wildman–Crippen MR) is 58.5 cm³/mol. The van der Waals surface area contributed by atoms with Crippen LogP contribution in [-0.4, -0.2) is 8.31 Å². The molecule has 2 unspecified atom stereocenters. The lowest BCUT2D eigenvalue weighted by atomic mass is 10.1. The van der Waals surface area contributed by atoms with Crippen molar-refractivity contribution in [1.82, 2.24) is 0 Å². The van der Waals surface area contributed by atoms with Crippen LogP contribution in [0, 0.1) is 5.92 Å². The van der Waals surface area contributed by atoms with Crippen molar-refractivity contribution in [2.75, 3.05) is 0 Å². The molecule has 0 rings (SSSR count). The molecule has 0 radical (unpaired) electrons. The second kappa shape index (κ2) is 5.18. The van der Waals surface area contributed by atoms with E-state index in [9.17, 15) is 4.39 Å². The molecule has 0 aromatic carbocycles. The van der Waals surface area contributed by atoms with E-state index in [2.05, 4.69) is 54.7 Å². The van der Waals surface area contributed by atoms with Gasteiger partial charge in [0.15, 0.2) is 0 Å². The zero-order chi connectivity index (χ0) is 9.07. The van der Waals surface area contributed by atoms with Gasteiger partial charge in [-0.05, 0) is 38.3 Å². The highest BCUT2D eigenvalue weighted by Gasteiger charge is 2.33. The molecule has 11 heavy (non-hydrogen) atoms. The first kappa shape index (κ1) is 12.4. The van der Waals surface area contributed by atoms with Gasteiger partial charge in [-0.25, -0.2) is 4.39 Å². The molecule has 0 saturated heterocycles. The minimum absolute atomic E-state index is 0.0811. The molecule has 0 bridgehead atoms. The molecule has 0 aliphatic rings. The second-order valence-corrected chi connectivity index (χ2v) is 7.18. The van der Waals surface area contributed by atoms with Gasteiger partial charge in [-0.3, -0.25) is 0 Å². The van der Waals surface area contributed by atoms with Gasteiger partial charge in [0.25, 0.3) is 0 Å². The standard InChI is InChI=1S/C7H12Br3F/c1-3-4-6(8)5(2)7(9,10)11/h5-6H,3-4H2,1-2H3. The van der Waals surface area contributed by atoms with Crippen LogP contribution in [-0.2, 0) is 0 Å². The Morgan fingerprint density at radius 1 is 1.45 bits per heavy atom. The molecule has 0 aromatic heterocycles. The van der Waals surface area contributed by atoms with Crippen molar-refractivity contribution in [2.24, 2.45) is 5.92 Å². The van der Waals surface area contributed by atoms with Gasteiger partial charge >= 0.3 is 0 Å². The van der Waals surface area contributed by atoms with Crippen molar-refractivity contribution < 1.29 is 4.39 Å². The molecule has 0 fully saturated rings. The van der Waals surface area contributed by atoms with Crippen LogP contribution in [0.15, 0.2) is 0 Å². The topological polar surface area (TPSA) is 0 Å². The molecule has 0 spiro atoms. The van der Waals surface area contributed by atoms with Crippen molar-refractivity contribution in [2.45, 2.75) is 35.0 Å². The van der Waals surface area contributed by atoms with Crippen molar-refractivity contribution in [3.05, 3.63) is 0 Å². The van der Waals surface area contributed by atoms with E-state index in [-0.39, 0.29) is 10.7 Å². The Morgan fingerprint density at radius 3 is 2.18 bits per heavy atom. The van der Waals surface area contributed by atoms with E-state index < -0.39 is 3.49 Å². The number of halogens is 4. The highest BCUT2D eigenvalue weighted by molar-refractivity contribution is 9.25. The Bertz CT molecular complexity index is 111. The summed E-state index contributed by atoms with van der Waals surface area (Å²) < 4.78 is 11.7. The Morgan fingerprint density at radius 2 is 1.91 bits per heavy atom. The molecular formula is C7H12Br3F. The molecule has 0 N–H and O–H groups in total. The zero-order valence-corrected chi connectivity index (χ0v) is 11.3. The van der Waals surface area contributed by atoms with E-state index in [0.717, 1.165) is 12.8 Å². The van der Waals surface area contributed by atoms with Crippen molar-refractivity contribution in [3.8, 4) is 0 Å². The maximum atomic E-state index is 13.2. The van der Waals surface area contributed by atoms with Gasteiger partial charge in [0.05, 0.1) is 0 Å². The molecule has 0 heterocycles. The third kappa shape index (κ3) is 4.83. The number of hydrogen-bond acceptors (Lipinski definition) is 0. The first-order valence-electron chi connectivity index (χ1n) is 3.60. The summed E-state index contributed by atoms with van der Waals surface area (Å²) >= 11 is 9.31. The van der Waals surface area contributed by atoms with E-state index >= 15 is 0 Å². The van der Waals surface area contributed by atoms with Crippen molar-refractivity contribution in [3.63, 3.8) is 0 Å². The minimum Gasteiger partial charge on any atom is -0.218 e. The summed E-state index contributed by atoms with van der Waals surface area (Å²) in [7, 11) is 0. The van der Waals surface area contributed by atoms with Crippen LogP contribution >= 0.6 is 47.8 Å². The quantitative estimate of drug-likeness (QED) is 0.647. The van der Waals surface area contributed by atoms with Crippen LogP contribution in [0.1, 0.15) is 26.7 Å². The van der Waals surface area contributed by atoms with E-state index in [0.29, 0.717) is 0 Å². The predicted octanol–water partition coefficient (Wildman–Crippen LogP) is 4.60. The molecule has 0 aliphatic carbocycles. The highest BCUT2D eigenvalue weighted by Crippen LogP contribution is 2.41. The molecule has 68 valence electrons. The minimum atomic E-state index is -1.44. The smallest absolute Gasteiger partial charge is 0.218 e. The summed E-state index contributed by atoms with van der Waals surface area (Å²) in [6.07, 6.45) is 2.06. The Hall–Kier alpha value is 1.37. The molecule has 4 heteroatoms. The van der Waals surface area contributed by atoms with Gasteiger partial charge in [0.1, 0.15) is 0 Å². The summed E-state index contributed by atoms with van der Waals surface area (Å²) in [5.74, 6) is -0.0811. The van der Waals surface area contributed by atoms with Crippen LogP contribution in [0.4, 0.5) is 4.39 Å². The molecule has 0 amide bonds. The number of hydrogen-bond donors (Lipinski definition) is 0. The average Bonchev–Trinajstić information content (AvgIpc) is 1.85. The van der Waals surface area contributed by atoms with Crippen molar-refractivity contribution in [1.29, 1.82) is 0 Å². The van der Waals surface area contributed by atoms with Crippen LogP contribution in [0.2, 0.25) is 0 Å². The van der Waals surface area contributed by atoms with Gasteiger partial charge in [0.2, 0.25) is 3.49 Å². The monoisotopic (exact) mass is 352 g/mol. The molecule has 0 aliphatic heterocycles. The highest BCUT2D eigenvalue weighted by atomic mass is 79.9. The molecule has 0 aromatic rings. The van der Waals surface area contributed by atoms with Gasteiger partial charge < -0.3 is 0 Å². The van der Waals surface area contributed by atoms with Crippen LogP contribution in [0.5, 0.6) is 0 Å². The molecule has 0 nitrogen and oxygen atoms in total. The van der Waals surface area contributed by atoms with Crippen LogP contribution < -0.4 is 0 Å². The Kier molecular flexibility index (Phi) is 5.82. The summed E-state index contributed by atoms with van der Waals surface area (Å²) in [4.78, 5) is 0.219. The van der Waals surface area contributed by atoms with Crippen molar-refractivity contribution >= 4 is 47.8 Å². The van der Waals surface area contributed by atoms with E-state index in [4.69, 9.17) is 0 Å². The SMILES string of the molecule is CCCC(Br)C(C)C(F)(Br)Br. The van der Waals surface area contributed by atoms with E-state index in [1.165, 1.54) is 0 Å². The fraction of sp³-hybridized carbons (Fsp3) is 1.00. The molecule has 2 atom stereocenters. The van der Waals surface area contributed by atoms with Crippen LogP contribution in [0.25, 0.3) is 0 Å². The fourth-order valence-electron chi connectivity index (χ4n) is 0.731. The van der Waals surface area contributed by atoms with Gasteiger partial charge in [-0.2, -0.15) is 0 Å². The molecular weight excluding hydrogens is 343 g/mol. The fourth-order valence-corrected chi connectivity index (χ4v) is 2.90. The van der Waals surface area contributed by atoms with E-state index in [1.807, 2.05) is 6.92 Å². The third-order valence-corrected chi connectivity index (χ3v) is 4.32. The lowest BCUT2D eigenvalue weighted by Gasteiger charge is -2.23. The Balaban J connectivity index is 3.91. The lowest BCUT2D eigenvalue weighted by molar-refractivity contribution is 0.312. The zero-order valence-electron chi connectivity index (χ0n) is 6.58. The Labute approximate surface area is 92.7 Å². The number of rotatable bonds is 4. The first-order valence-corrected chi connectivity index (χ1v) is 6.10. The normalized spacial score (nSPS) is 18.0. The lowest BCUT2D eigenvalue weighted by Crippen LogP contribution is -2.24. The maximum absolute atomic E-state index is 13.2. The molecule has 0 saturated carbocycles. The third-order valence-electron chi connectivity index (χ3n) is 1.62.